The highest BCUT2D eigenvalue weighted by Gasteiger charge is 2.28. The number of fused-ring (bicyclic) bond motifs is 1. The minimum absolute atomic E-state index is 0.0279. The Hall–Kier alpha value is -3.33. The van der Waals surface area contributed by atoms with Crippen LogP contribution in [-0.4, -0.2) is 48.9 Å². The third-order valence-corrected chi connectivity index (χ3v) is 6.25. The molecule has 4 heterocycles. The highest BCUT2D eigenvalue weighted by molar-refractivity contribution is 7.12. The molecule has 1 aromatic carbocycles. The van der Waals surface area contributed by atoms with Crippen molar-refractivity contribution in [3.05, 3.63) is 74.5 Å². The van der Waals surface area contributed by atoms with Gasteiger partial charge in [-0.3, -0.25) is 9.59 Å². The zero-order chi connectivity index (χ0) is 20.5. The lowest BCUT2D eigenvalue weighted by molar-refractivity contribution is 0.0709. The number of hydrogen-bond donors (Lipinski definition) is 1. The first-order valence-corrected chi connectivity index (χ1v) is 10.8. The van der Waals surface area contributed by atoms with Gasteiger partial charge >= 0.3 is 0 Å². The highest BCUT2D eigenvalue weighted by atomic mass is 32.1. The quantitative estimate of drug-likeness (QED) is 0.547. The van der Waals surface area contributed by atoms with Gasteiger partial charge in [0.1, 0.15) is 5.82 Å². The molecule has 1 aliphatic heterocycles. The second kappa shape index (κ2) is 7.83. The second-order valence-electron chi connectivity index (χ2n) is 7.42. The molecule has 3 aromatic heterocycles. The first-order chi connectivity index (χ1) is 14.7. The molecule has 1 N–H and O–H groups in total. The van der Waals surface area contributed by atoms with Gasteiger partial charge in [0.25, 0.3) is 11.5 Å². The summed E-state index contributed by atoms with van der Waals surface area (Å²) < 4.78 is 1.65. The van der Waals surface area contributed by atoms with Crippen molar-refractivity contribution in [2.24, 2.45) is 0 Å². The summed E-state index contributed by atoms with van der Waals surface area (Å²) in [6.07, 6.45) is 1.73. The van der Waals surface area contributed by atoms with Crippen LogP contribution in [0.4, 0.5) is 0 Å². The number of H-pyrrole nitrogens is 1. The van der Waals surface area contributed by atoms with Crippen molar-refractivity contribution in [1.82, 2.24) is 29.9 Å². The fraction of sp³-hybridized carbons (Fsp3) is 0.286. The van der Waals surface area contributed by atoms with Crippen LogP contribution < -0.4 is 5.56 Å². The number of thiophene rings is 1. The highest BCUT2D eigenvalue weighted by Crippen LogP contribution is 2.26. The molecule has 1 atom stereocenters. The Morgan fingerprint density at radius 3 is 2.87 bits per heavy atom. The van der Waals surface area contributed by atoms with Gasteiger partial charge in [-0.25, -0.2) is 9.67 Å². The van der Waals surface area contributed by atoms with E-state index in [-0.39, 0.29) is 22.9 Å². The van der Waals surface area contributed by atoms with Gasteiger partial charge in [0.05, 0.1) is 11.4 Å². The minimum atomic E-state index is -0.295. The summed E-state index contributed by atoms with van der Waals surface area (Å²) in [5.41, 5.74) is 1.46. The fourth-order valence-corrected chi connectivity index (χ4v) is 4.57. The second-order valence-corrected chi connectivity index (χ2v) is 8.37. The molecule has 9 heteroatoms. The fourth-order valence-electron chi connectivity index (χ4n) is 3.88. The molecule has 0 unspecified atom stereocenters. The average molecular weight is 420 g/mol. The Labute approximate surface area is 176 Å². The molecule has 8 nitrogen and oxygen atoms in total. The van der Waals surface area contributed by atoms with Crippen molar-refractivity contribution >= 4 is 28.4 Å². The maximum absolute atomic E-state index is 12.8. The largest absolute Gasteiger partial charge is 0.337 e. The summed E-state index contributed by atoms with van der Waals surface area (Å²) in [5.74, 6) is 0.599. The van der Waals surface area contributed by atoms with Gasteiger partial charge in [0.15, 0.2) is 11.2 Å². The molecule has 0 radical (unpaired) electrons. The van der Waals surface area contributed by atoms with E-state index in [1.807, 2.05) is 52.7 Å². The van der Waals surface area contributed by atoms with E-state index in [1.165, 1.54) is 11.3 Å². The van der Waals surface area contributed by atoms with Crippen LogP contribution in [0, 0.1) is 0 Å². The molecular formula is C21H20N6O2S. The molecule has 4 aromatic rings. The van der Waals surface area contributed by atoms with Crippen LogP contribution in [0.3, 0.4) is 0 Å². The van der Waals surface area contributed by atoms with E-state index in [9.17, 15) is 9.59 Å². The topological polar surface area (TPSA) is 96.8 Å². The normalized spacial score (nSPS) is 16.8. The predicted molar refractivity (Wildman–Crippen MR) is 114 cm³/mol. The van der Waals surface area contributed by atoms with Gasteiger partial charge < -0.3 is 9.88 Å². The van der Waals surface area contributed by atoms with Gasteiger partial charge in [-0.1, -0.05) is 41.6 Å². The maximum Gasteiger partial charge on any atom is 0.281 e. The van der Waals surface area contributed by atoms with Crippen molar-refractivity contribution in [1.29, 1.82) is 0 Å². The first kappa shape index (κ1) is 18.7. The lowest BCUT2D eigenvalue weighted by atomic mass is 9.97. The molecule has 0 bridgehead atoms. The number of likely N-dealkylation sites (tertiary alicyclic amines) is 1. The summed E-state index contributed by atoms with van der Waals surface area (Å²) in [4.78, 5) is 35.6. The number of amides is 1. The summed E-state index contributed by atoms with van der Waals surface area (Å²) in [7, 11) is 0. The Morgan fingerprint density at radius 1 is 1.20 bits per heavy atom. The van der Waals surface area contributed by atoms with Crippen LogP contribution >= 0.6 is 11.3 Å². The third kappa shape index (κ3) is 3.52. The summed E-state index contributed by atoms with van der Waals surface area (Å²) in [6, 6.07) is 13.6. The molecule has 1 saturated heterocycles. The Morgan fingerprint density at radius 2 is 2.07 bits per heavy atom. The monoisotopic (exact) mass is 420 g/mol. The van der Waals surface area contributed by atoms with Crippen LogP contribution in [-0.2, 0) is 6.54 Å². The first-order valence-electron chi connectivity index (χ1n) is 9.89. The standard InChI is InChI=1S/C21H20N6O2S/c28-20-17-19(27(25-24-17)12-14-6-2-1-3-7-14)22-18(23-20)15-8-4-10-26(13-15)21(29)16-9-5-11-30-16/h1-3,5-7,9,11,15H,4,8,10,12-13H2,(H,22,23,28)/t15-/m1/s1. The Kier molecular flexibility index (Phi) is 4.88. The van der Waals surface area contributed by atoms with Crippen molar-refractivity contribution in [2.75, 3.05) is 13.1 Å². The summed E-state index contributed by atoms with van der Waals surface area (Å²) in [6.45, 7) is 1.74. The van der Waals surface area contributed by atoms with Crippen molar-refractivity contribution in [3.8, 4) is 0 Å². The Balaban J connectivity index is 1.44. The van der Waals surface area contributed by atoms with E-state index in [2.05, 4.69) is 15.3 Å². The number of benzene rings is 1. The lowest BCUT2D eigenvalue weighted by Gasteiger charge is -2.31. The van der Waals surface area contributed by atoms with Gasteiger partial charge in [-0.2, -0.15) is 0 Å². The van der Waals surface area contributed by atoms with Crippen molar-refractivity contribution < 1.29 is 4.79 Å². The van der Waals surface area contributed by atoms with Gasteiger partial charge in [0, 0.05) is 19.0 Å². The molecule has 0 saturated carbocycles. The molecule has 0 spiro atoms. The molecule has 1 fully saturated rings. The SMILES string of the molecule is O=C(c1cccs1)N1CCC[C@@H](c2nc3c(nnn3Cc3ccccc3)c(=O)[nH]2)C1. The number of piperidine rings is 1. The minimum Gasteiger partial charge on any atom is -0.337 e. The molecular weight excluding hydrogens is 400 g/mol. The van der Waals surface area contributed by atoms with E-state index in [1.54, 1.807) is 4.68 Å². The predicted octanol–water partition coefficient (Wildman–Crippen LogP) is 2.64. The van der Waals surface area contributed by atoms with E-state index in [4.69, 9.17) is 4.98 Å². The molecule has 5 rings (SSSR count). The number of aromatic nitrogens is 5. The molecule has 1 aliphatic rings. The van der Waals surface area contributed by atoms with Crippen LogP contribution in [0.25, 0.3) is 11.2 Å². The third-order valence-electron chi connectivity index (χ3n) is 5.39. The molecule has 1 amide bonds. The number of carbonyl (C=O) groups excluding carboxylic acids is 1. The number of rotatable bonds is 4. The zero-order valence-electron chi connectivity index (χ0n) is 16.2. The van der Waals surface area contributed by atoms with Crippen LogP contribution in [0.2, 0.25) is 0 Å². The number of nitrogens with zero attached hydrogens (tertiary/aromatic N) is 5. The van der Waals surface area contributed by atoms with E-state index in [0.717, 1.165) is 23.3 Å². The van der Waals surface area contributed by atoms with Crippen LogP contribution in [0.1, 0.15) is 39.8 Å². The zero-order valence-corrected chi connectivity index (χ0v) is 17.0. The average Bonchev–Trinajstić information content (AvgIpc) is 3.45. The van der Waals surface area contributed by atoms with Crippen molar-refractivity contribution in [3.63, 3.8) is 0 Å². The molecule has 30 heavy (non-hydrogen) atoms. The van der Waals surface area contributed by atoms with Crippen LogP contribution in [0.15, 0.2) is 52.6 Å². The van der Waals surface area contributed by atoms with Gasteiger partial charge in [-0.15, -0.1) is 16.4 Å². The van der Waals surface area contributed by atoms with Crippen molar-refractivity contribution in [2.45, 2.75) is 25.3 Å². The smallest absolute Gasteiger partial charge is 0.281 e. The number of aromatic amines is 1. The maximum atomic E-state index is 12.8. The summed E-state index contributed by atoms with van der Waals surface area (Å²) >= 11 is 1.45. The number of nitrogens with one attached hydrogen (secondary N) is 1. The molecule has 0 aliphatic carbocycles. The van der Waals surface area contributed by atoms with E-state index in [0.29, 0.717) is 31.1 Å². The van der Waals surface area contributed by atoms with E-state index >= 15 is 0 Å². The van der Waals surface area contributed by atoms with Crippen LogP contribution in [0.5, 0.6) is 0 Å². The van der Waals surface area contributed by atoms with Gasteiger partial charge in [0.2, 0.25) is 0 Å². The Bertz CT molecular complexity index is 1230. The molecule has 152 valence electrons. The van der Waals surface area contributed by atoms with Gasteiger partial charge in [-0.05, 0) is 29.9 Å². The van der Waals surface area contributed by atoms with E-state index < -0.39 is 0 Å². The number of carbonyl (C=O) groups is 1. The number of hydrogen-bond acceptors (Lipinski definition) is 6. The summed E-state index contributed by atoms with van der Waals surface area (Å²) in [5, 5.41) is 10.1. The lowest BCUT2D eigenvalue weighted by Crippen LogP contribution is -2.39.